The van der Waals surface area contributed by atoms with Gasteiger partial charge in [0.1, 0.15) is 5.60 Å². The lowest BCUT2D eigenvalue weighted by Gasteiger charge is -2.26. The number of hydrogen-bond acceptors (Lipinski definition) is 4. The summed E-state index contributed by atoms with van der Waals surface area (Å²) < 4.78 is 5.26. The minimum Gasteiger partial charge on any atom is -0.385 e. The van der Waals surface area contributed by atoms with Crippen molar-refractivity contribution < 1.29 is 14.6 Å². The maximum absolute atomic E-state index is 11.3. The van der Waals surface area contributed by atoms with E-state index in [-0.39, 0.29) is 31.0 Å². The van der Waals surface area contributed by atoms with E-state index in [0.29, 0.717) is 13.0 Å². The number of rotatable bonds is 4. The predicted molar refractivity (Wildman–Crippen MR) is 56.3 cm³/mol. The zero-order valence-corrected chi connectivity index (χ0v) is 9.32. The number of amides is 1. The van der Waals surface area contributed by atoms with Gasteiger partial charge in [-0.3, -0.25) is 4.79 Å². The summed E-state index contributed by atoms with van der Waals surface area (Å²) in [5.74, 6) is -0.127. The monoisotopic (exact) mass is 216 g/mol. The second kappa shape index (κ2) is 4.92. The van der Waals surface area contributed by atoms with Crippen LogP contribution in [-0.4, -0.2) is 41.9 Å². The smallest absolute Gasteiger partial charge is 0.221 e. The molecule has 15 heavy (non-hydrogen) atoms. The molecule has 3 atom stereocenters. The molecule has 0 aromatic heterocycles. The lowest BCUT2D eigenvalue weighted by atomic mass is 9.96. The number of hydrogen-bond donors (Lipinski definition) is 3. The molecule has 0 radical (unpaired) electrons. The largest absolute Gasteiger partial charge is 0.385 e. The van der Waals surface area contributed by atoms with Crippen molar-refractivity contribution in [1.82, 2.24) is 5.32 Å². The van der Waals surface area contributed by atoms with E-state index in [9.17, 15) is 9.90 Å². The second-order valence-electron chi connectivity index (χ2n) is 4.32. The van der Waals surface area contributed by atoms with E-state index in [0.717, 1.165) is 0 Å². The Morgan fingerprint density at radius 3 is 2.93 bits per heavy atom. The number of carbonyl (C=O) groups is 1. The first-order valence-electron chi connectivity index (χ1n) is 5.30. The van der Waals surface area contributed by atoms with Crippen LogP contribution < -0.4 is 11.1 Å². The zero-order chi connectivity index (χ0) is 11.5. The van der Waals surface area contributed by atoms with Gasteiger partial charge in [0.15, 0.2) is 0 Å². The van der Waals surface area contributed by atoms with Crippen LogP contribution in [0.3, 0.4) is 0 Å². The minimum absolute atomic E-state index is 0.127. The van der Waals surface area contributed by atoms with E-state index >= 15 is 0 Å². The Morgan fingerprint density at radius 1 is 1.80 bits per heavy atom. The molecule has 1 rings (SSSR count). The van der Waals surface area contributed by atoms with E-state index in [4.69, 9.17) is 10.5 Å². The average molecular weight is 216 g/mol. The lowest BCUT2D eigenvalue weighted by Crippen LogP contribution is -2.48. The normalized spacial score (nSPS) is 32.7. The molecule has 5 heteroatoms. The zero-order valence-electron chi connectivity index (χ0n) is 9.32. The molecule has 0 bridgehead atoms. The number of nitrogens with two attached hydrogens (primary N) is 1. The van der Waals surface area contributed by atoms with Crippen molar-refractivity contribution in [3.05, 3.63) is 0 Å². The van der Waals surface area contributed by atoms with Gasteiger partial charge in [0.25, 0.3) is 0 Å². The van der Waals surface area contributed by atoms with Gasteiger partial charge in [0.05, 0.1) is 6.10 Å². The fourth-order valence-electron chi connectivity index (χ4n) is 1.62. The van der Waals surface area contributed by atoms with Gasteiger partial charge in [-0.05, 0) is 13.8 Å². The van der Waals surface area contributed by atoms with Crippen molar-refractivity contribution in [2.75, 3.05) is 13.2 Å². The molecule has 3 unspecified atom stereocenters. The Bertz CT molecular complexity index is 233. The van der Waals surface area contributed by atoms with Crippen molar-refractivity contribution in [3.8, 4) is 0 Å². The van der Waals surface area contributed by atoms with Gasteiger partial charge in [0, 0.05) is 32.0 Å². The quantitative estimate of drug-likeness (QED) is 0.584. The molecule has 1 aliphatic heterocycles. The highest BCUT2D eigenvalue weighted by Gasteiger charge is 2.39. The van der Waals surface area contributed by atoms with Crippen molar-refractivity contribution >= 4 is 5.91 Å². The third kappa shape index (κ3) is 3.44. The Labute approximate surface area is 90.0 Å². The summed E-state index contributed by atoms with van der Waals surface area (Å²) in [5.41, 5.74) is 4.57. The molecule has 0 aliphatic carbocycles. The lowest BCUT2D eigenvalue weighted by molar-refractivity contribution is -0.123. The van der Waals surface area contributed by atoms with Gasteiger partial charge in [0.2, 0.25) is 5.91 Å². The van der Waals surface area contributed by atoms with Gasteiger partial charge in [-0.25, -0.2) is 0 Å². The molecule has 88 valence electrons. The molecule has 1 saturated heterocycles. The SMILES string of the molecule is CC(N)CC(=O)NCC1(O)CCOC1C. The second-order valence-corrected chi connectivity index (χ2v) is 4.32. The summed E-state index contributed by atoms with van der Waals surface area (Å²) >= 11 is 0. The fraction of sp³-hybridized carbons (Fsp3) is 0.900. The van der Waals surface area contributed by atoms with Gasteiger partial charge in [-0.2, -0.15) is 0 Å². The van der Waals surface area contributed by atoms with Crippen LogP contribution in [0.15, 0.2) is 0 Å². The van der Waals surface area contributed by atoms with E-state index in [2.05, 4.69) is 5.32 Å². The number of nitrogens with one attached hydrogen (secondary N) is 1. The Kier molecular flexibility index (Phi) is 4.07. The first-order valence-corrected chi connectivity index (χ1v) is 5.30. The summed E-state index contributed by atoms with van der Waals surface area (Å²) in [7, 11) is 0. The number of ether oxygens (including phenoxy) is 1. The van der Waals surface area contributed by atoms with Crippen molar-refractivity contribution in [1.29, 1.82) is 0 Å². The van der Waals surface area contributed by atoms with E-state index < -0.39 is 5.60 Å². The first-order chi connectivity index (χ1) is 6.94. The van der Waals surface area contributed by atoms with E-state index in [1.54, 1.807) is 6.92 Å². The topological polar surface area (TPSA) is 84.6 Å². The third-order valence-corrected chi connectivity index (χ3v) is 2.76. The standard InChI is InChI=1S/C10H20N2O3/c1-7(11)5-9(13)12-6-10(14)3-4-15-8(10)2/h7-8,14H,3-6,11H2,1-2H3,(H,12,13). The van der Waals surface area contributed by atoms with Gasteiger partial charge in [-0.1, -0.05) is 0 Å². The van der Waals surface area contributed by atoms with Crippen LogP contribution in [0, 0.1) is 0 Å². The summed E-state index contributed by atoms with van der Waals surface area (Å²) in [6.07, 6.45) is 0.617. The predicted octanol–water partition coefficient (Wildman–Crippen LogP) is -0.620. The van der Waals surface area contributed by atoms with Crippen LogP contribution in [0.2, 0.25) is 0 Å². The molecule has 5 nitrogen and oxygen atoms in total. The number of aliphatic hydroxyl groups is 1. The summed E-state index contributed by atoms with van der Waals surface area (Å²) in [5, 5.41) is 12.7. The molecule has 0 saturated carbocycles. The van der Waals surface area contributed by atoms with E-state index in [1.807, 2.05) is 6.92 Å². The molecular weight excluding hydrogens is 196 g/mol. The Morgan fingerprint density at radius 2 is 2.47 bits per heavy atom. The first kappa shape index (κ1) is 12.4. The highest BCUT2D eigenvalue weighted by atomic mass is 16.5. The van der Waals surface area contributed by atoms with Crippen LogP contribution in [0.5, 0.6) is 0 Å². The molecule has 1 heterocycles. The van der Waals surface area contributed by atoms with E-state index in [1.165, 1.54) is 0 Å². The highest BCUT2D eigenvalue weighted by molar-refractivity contribution is 5.76. The summed E-state index contributed by atoms with van der Waals surface area (Å²) in [4.78, 5) is 11.3. The molecule has 1 fully saturated rings. The van der Waals surface area contributed by atoms with Crippen molar-refractivity contribution in [2.24, 2.45) is 5.73 Å². The molecule has 1 amide bonds. The van der Waals surface area contributed by atoms with Crippen LogP contribution in [0.4, 0.5) is 0 Å². The van der Waals surface area contributed by atoms with Gasteiger partial charge in [-0.15, -0.1) is 0 Å². The fourth-order valence-corrected chi connectivity index (χ4v) is 1.62. The van der Waals surface area contributed by atoms with Crippen molar-refractivity contribution in [3.63, 3.8) is 0 Å². The summed E-state index contributed by atoms with van der Waals surface area (Å²) in [6, 6.07) is -0.156. The van der Waals surface area contributed by atoms with Gasteiger partial charge >= 0.3 is 0 Å². The molecule has 1 aliphatic rings. The van der Waals surface area contributed by atoms with Crippen LogP contribution in [0.25, 0.3) is 0 Å². The molecular formula is C10H20N2O3. The van der Waals surface area contributed by atoms with Crippen LogP contribution in [-0.2, 0) is 9.53 Å². The Balaban J connectivity index is 2.33. The minimum atomic E-state index is -0.923. The summed E-state index contributed by atoms with van der Waals surface area (Å²) in [6.45, 7) is 4.36. The highest BCUT2D eigenvalue weighted by Crippen LogP contribution is 2.24. The Hall–Kier alpha value is -0.650. The maximum atomic E-state index is 11.3. The average Bonchev–Trinajstić information content (AvgIpc) is 2.44. The molecule has 4 N–H and O–H groups in total. The number of carbonyl (C=O) groups excluding carboxylic acids is 1. The molecule has 0 aromatic rings. The van der Waals surface area contributed by atoms with Gasteiger partial charge < -0.3 is 20.9 Å². The maximum Gasteiger partial charge on any atom is 0.221 e. The van der Waals surface area contributed by atoms with Crippen LogP contribution in [0.1, 0.15) is 26.7 Å². The third-order valence-electron chi connectivity index (χ3n) is 2.76. The van der Waals surface area contributed by atoms with Crippen molar-refractivity contribution in [2.45, 2.75) is 44.4 Å². The molecule has 0 aromatic carbocycles. The van der Waals surface area contributed by atoms with Crippen LogP contribution >= 0.6 is 0 Å². The molecule has 0 spiro atoms.